The van der Waals surface area contributed by atoms with E-state index in [1.165, 1.54) is 25.3 Å². The van der Waals surface area contributed by atoms with E-state index < -0.39 is 10.9 Å². The lowest BCUT2D eigenvalue weighted by Gasteiger charge is -2.01. The van der Waals surface area contributed by atoms with Crippen molar-refractivity contribution in [1.82, 2.24) is 0 Å². The number of ether oxygens (including phenoxy) is 1. The van der Waals surface area contributed by atoms with Gasteiger partial charge in [-0.1, -0.05) is 12.2 Å². The monoisotopic (exact) mass is 250 g/mol. The summed E-state index contributed by atoms with van der Waals surface area (Å²) in [5.74, 6) is -0.604. The third-order valence-corrected chi connectivity index (χ3v) is 2.22. The number of esters is 1. The summed E-state index contributed by atoms with van der Waals surface area (Å²) < 4.78 is 4.55. The first-order chi connectivity index (χ1) is 8.58. The maximum atomic E-state index is 11.4. The molecule has 0 radical (unpaired) electrons. The summed E-state index contributed by atoms with van der Waals surface area (Å²) in [6.45, 7) is 0.495. The van der Waals surface area contributed by atoms with Crippen LogP contribution in [0.4, 0.5) is 5.69 Å². The van der Waals surface area contributed by atoms with Gasteiger partial charge in [-0.2, -0.15) is 0 Å². The highest BCUT2D eigenvalue weighted by molar-refractivity contribution is 5.91. The van der Waals surface area contributed by atoms with Gasteiger partial charge in [0.15, 0.2) is 0 Å². The van der Waals surface area contributed by atoms with E-state index in [4.69, 9.17) is 5.73 Å². The van der Waals surface area contributed by atoms with Crippen LogP contribution in [0.25, 0.3) is 6.08 Å². The van der Waals surface area contributed by atoms with Gasteiger partial charge in [0.05, 0.1) is 17.6 Å². The molecular formula is C12H14N2O4. The standard InChI is InChI=1S/C12H14N2O4/c1-18-12(15)10-6-9(4-2-3-5-13)7-11(8-10)14(16)17/h2,4,6-8H,3,5,13H2,1H3. The molecule has 0 fully saturated rings. The largest absolute Gasteiger partial charge is 0.465 e. The molecule has 0 spiro atoms. The van der Waals surface area contributed by atoms with Gasteiger partial charge in [0.2, 0.25) is 0 Å². The fraction of sp³-hybridized carbons (Fsp3) is 0.250. The van der Waals surface area contributed by atoms with E-state index in [2.05, 4.69) is 4.74 Å². The van der Waals surface area contributed by atoms with Crippen LogP contribution in [0.3, 0.4) is 0 Å². The maximum absolute atomic E-state index is 11.4. The summed E-state index contributed by atoms with van der Waals surface area (Å²) in [4.78, 5) is 21.6. The number of nitro groups is 1. The first-order valence-corrected chi connectivity index (χ1v) is 5.33. The van der Waals surface area contributed by atoms with E-state index in [9.17, 15) is 14.9 Å². The lowest BCUT2D eigenvalue weighted by molar-refractivity contribution is -0.384. The normalized spacial score (nSPS) is 10.6. The molecule has 96 valence electrons. The Bertz CT molecular complexity index is 483. The molecule has 0 atom stereocenters. The zero-order valence-electron chi connectivity index (χ0n) is 9.96. The minimum atomic E-state index is -0.604. The van der Waals surface area contributed by atoms with E-state index in [0.29, 0.717) is 18.5 Å². The smallest absolute Gasteiger partial charge is 0.338 e. The number of non-ortho nitro benzene ring substituents is 1. The number of hydrogen-bond acceptors (Lipinski definition) is 5. The van der Waals surface area contributed by atoms with Crippen LogP contribution in [0.5, 0.6) is 0 Å². The molecule has 0 aromatic heterocycles. The molecule has 6 heteroatoms. The SMILES string of the molecule is COC(=O)c1cc(C=CCCN)cc([N+](=O)[O-])c1. The van der Waals surface area contributed by atoms with Crippen molar-refractivity contribution < 1.29 is 14.5 Å². The minimum absolute atomic E-state index is 0.148. The van der Waals surface area contributed by atoms with Crippen LogP contribution in [0.2, 0.25) is 0 Å². The first-order valence-electron chi connectivity index (χ1n) is 5.33. The molecule has 1 aromatic carbocycles. The van der Waals surface area contributed by atoms with Crippen LogP contribution >= 0.6 is 0 Å². The van der Waals surface area contributed by atoms with Crippen LogP contribution in [-0.4, -0.2) is 24.5 Å². The zero-order valence-corrected chi connectivity index (χ0v) is 9.96. The van der Waals surface area contributed by atoms with Gasteiger partial charge in [0.1, 0.15) is 0 Å². The molecule has 0 aliphatic rings. The molecule has 0 unspecified atom stereocenters. The van der Waals surface area contributed by atoms with Gasteiger partial charge < -0.3 is 10.5 Å². The second-order valence-corrected chi connectivity index (χ2v) is 3.54. The average molecular weight is 250 g/mol. The molecule has 0 heterocycles. The number of carbonyl (C=O) groups excluding carboxylic acids is 1. The number of carbonyl (C=O) groups is 1. The summed E-state index contributed by atoms with van der Waals surface area (Å²) in [5.41, 5.74) is 5.91. The van der Waals surface area contributed by atoms with Crippen LogP contribution in [0.1, 0.15) is 22.3 Å². The van der Waals surface area contributed by atoms with E-state index in [-0.39, 0.29) is 11.3 Å². The molecule has 18 heavy (non-hydrogen) atoms. The number of rotatable bonds is 5. The fourth-order valence-electron chi connectivity index (χ4n) is 1.39. The van der Waals surface area contributed by atoms with Gasteiger partial charge in [0, 0.05) is 12.1 Å². The molecule has 0 saturated heterocycles. The van der Waals surface area contributed by atoms with Crippen molar-refractivity contribution in [3.63, 3.8) is 0 Å². The Morgan fingerprint density at radius 2 is 2.22 bits per heavy atom. The third-order valence-electron chi connectivity index (χ3n) is 2.22. The van der Waals surface area contributed by atoms with Crippen molar-refractivity contribution in [1.29, 1.82) is 0 Å². The highest BCUT2D eigenvalue weighted by atomic mass is 16.6. The fourth-order valence-corrected chi connectivity index (χ4v) is 1.39. The zero-order chi connectivity index (χ0) is 13.5. The van der Waals surface area contributed by atoms with Crippen LogP contribution in [0.15, 0.2) is 24.3 Å². The Kier molecular flexibility index (Phi) is 5.01. The topological polar surface area (TPSA) is 95.5 Å². The lowest BCUT2D eigenvalue weighted by Crippen LogP contribution is -2.02. The summed E-state index contributed by atoms with van der Waals surface area (Å²) >= 11 is 0. The Hall–Kier alpha value is -2.21. The summed E-state index contributed by atoms with van der Waals surface area (Å²) in [5, 5.41) is 10.8. The van der Waals surface area contributed by atoms with Crippen molar-refractivity contribution in [2.75, 3.05) is 13.7 Å². The van der Waals surface area contributed by atoms with Crippen LogP contribution in [-0.2, 0) is 4.74 Å². The van der Waals surface area contributed by atoms with Crippen molar-refractivity contribution in [2.45, 2.75) is 6.42 Å². The lowest BCUT2D eigenvalue weighted by atomic mass is 10.1. The number of nitrogens with two attached hydrogens (primary N) is 1. The molecule has 6 nitrogen and oxygen atoms in total. The Balaban J connectivity index is 3.13. The number of methoxy groups -OCH3 is 1. The maximum Gasteiger partial charge on any atom is 0.338 e. The Morgan fingerprint density at radius 1 is 1.50 bits per heavy atom. The van der Waals surface area contributed by atoms with Crippen molar-refractivity contribution in [3.8, 4) is 0 Å². The predicted molar refractivity (Wildman–Crippen MR) is 67.1 cm³/mol. The molecule has 0 bridgehead atoms. The van der Waals surface area contributed by atoms with Crippen molar-refractivity contribution in [3.05, 3.63) is 45.5 Å². The molecule has 0 amide bonds. The van der Waals surface area contributed by atoms with E-state index in [1.54, 1.807) is 12.2 Å². The second kappa shape index (κ2) is 6.51. The number of benzene rings is 1. The van der Waals surface area contributed by atoms with Crippen molar-refractivity contribution in [2.24, 2.45) is 5.73 Å². The quantitative estimate of drug-likeness (QED) is 0.488. The Morgan fingerprint density at radius 3 is 2.78 bits per heavy atom. The molecule has 1 aromatic rings. The minimum Gasteiger partial charge on any atom is -0.465 e. The summed E-state index contributed by atoms with van der Waals surface area (Å²) in [6, 6.07) is 4.11. The number of nitro benzene ring substituents is 1. The summed E-state index contributed by atoms with van der Waals surface area (Å²) in [6.07, 6.45) is 4.14. The van der Waals surface area contributed by atoms with Crippen LogP contribution < -0.4 is 5.73 Å². The van der Waals surface area contributed by atoms with E-state index >= 15 is 0 Å². The van der Waals surface area contributed by atoms with Crippen molar-refractivity contribution >= 4 is 17.7 Å². The Labute approximate surface area is 104 Å². The van der Waals surface area contributed by atoms with Gasteiger partial charge in [-0.15, -0.1) is 0 Å². The van der Waals surface area contributed by atoms with Gasteiger partial charge in [-0.3, -0.25) is 10.1 Å². The van der Waals surface area contributed by atoms with Gasteiger partial charge >= 0.3 is 5.97 Å². The molecule has 0 aliphatic carbocycles. The highest BCUT2D eigenvalue weighted by Gasteiger charge is 2.13. The molecular weight excluding hydrogens is 236 g/mol. The van der Waals surface area contributed by atoms with E-state index in [0.717, 1.165) is 0 Å². The highest BCUT2D eigenvalue weighted by Crippen LogP contribution is 2.19. The predicted octanol–water partition coefficient (Wildman–Crippen LogP) is 1.74. The molecule has 0 aliphatic heterocycles. The van der Waals surface area contributed by atoms with Gasteiger partial charge in [-0.05, 0) is 24.6 Å². The molecule has 1 rings (SSSR count). The average Bonchev–Trinajstić information content (AvgIpc) is 2.37. The number of nitrogens with zero attached hydrogens (tertiary/aromatic N) is 1. The third kappa shape index (κ3) is 3.67. The van der Waals surface area contributed by atoms with E-state index in [1.807, 2.05) is 0 Å². The van der Waals surface area contributed by atoms with Crippen LogP contribution in [0, 0.1) is 10.1 Å². The summed E-state index contributed by atoms with van der Waals surface area (Å²) in [7, 11) is 1.23. The first kappa shape index (κ1) is 13.9. The second-order valence-electron chi connectivity index (χ2n) is 3.54. The number of hydrogen-bond donors (Lipinski definition) is 1. The molecule has 2 N–H and O–H groups in total. The van der Waals surface area contributed by atoms with Gasteiger partial charge in [0.25, 0.3) is 5.69 Å². The molecule has 0 saturated carbocycles. The van der Waals surface area contributed by atoms with Gasteiger partial charge in [-0.25, -0.2) is 4.79 Å².